The first kappa shape index (κ1) is 34.1. The van der Waals surface area contributed by atoms with Crippen LogP contribution in [0.4, 0.5) is 4.39 Å². The lowest BCUT2D eigenvalue weighted by Gasteiger charge is -2.08. The molecule has 0 bridgehead atoms. The highest BCUT2D eigenvalue weighted by molar-refractivity contribution is 7.86. The van der Waals surface area contributed by atoms with E-state index in [2.05, 4.69) is 26.0 Å². The van der Waals surface area contributed by atoms with Gasteiger partial charge in [0.1, 0.15) is 11.6 Å². The first-order valence-electron chi connectivity index (χ1n) is 13.8. The summed E-state index contributed by atoms with van der Waals surface area (Å²) in [6.07, 6.45) is 5.50. The zero-order valence-electron chi connectivity index (χ0n) is 24.8. The standard InChI is InChI=1S/C18H16FN5.2C7H8O3S/c19-12-5-6-16(22-9-12)17-10-23-18(24-17)14(20)7-11-8-21-15-4-2-1-3-13(11)15;2*1-6-2-4-7(5-3-6)11(8,9)10/h1-6,8-10,14,21H,7,20H2,(H,23,24);2*2-5H,1H3,(H,8,9,10)/t14-;;/m1../s1. The van der Waals surface area contributed by atoms with E-state index in [0.717, 1.165) is 27.9 Å². The second-order valence-corrected chi connectivity index (χ2v) is 13.1. The van der Waals surface area contributed by atoms with Crippen LogP contribution >= 0.6 is 0 Å². The molecule has 11 nitrogen and oxygen atoms in total. The number of halogens is 1. The van der Waals surface area contributed by atoms with Crippen LogP contribution in [0.5, 0.6) is 0 Å². The topological polar surface area (TPSA) is 192 Å². The van der Waals surface area contributed by atoms with Gasteiger partial charge >= 0.3 is 0 Å². The Labute approximate surface area is 265 Å². The van der Waals surface area contributed by atoms with E-state index in [9.17, 15) is 21.2 Å². The number of imidazole rings is 1. The summed E-state index contributed by atoms with van der Waals surface area (Å²) < 4.78 is 72.1. The molecule has 1 atom stereocenters. The third kappa shape index (κ3) is 9.39. The molecular weight excluding hydrogens is 634 g/mol. The van der Waals surface area contributed by atoms with Crippen molar-refractivity contribution in [2.75, 3.05) is 0 Å². The van der Waals surface area contributed by atoms with Crippen LogP contribution in [0, 0.1) is 19.7 Å². The number of nitrogens with zero attached hydrogens (tertiary/aromatic N) is 2. The maximum absolute atomic E-state index is 13.0. The molecule has 240 valence electrons. The zero-order chi connectivity index (χ0) is 33.5. The van der Waals surface area contributed by atoms with Crippen molar-refractivity contribution in [3.8, 4) is 11.4 Å². The molecule has 3 aromatic carbocycles. The Kier molecular flexibility index (Phi) is 10.8. The molecule has 0 aliphatic heterocycles. The number of nitrogens with one attached hydrogen (secondary N) is 2. The van der Waals surface area contributed by atoms with E-state index >= 15 is 0 Å². The van der Waals surface area contributed by atoms with E-state index in [1.807, 2.05) is 38.2 Å². The smallest absolute Gasteiger partial charge is 0.294 e. The van der Waals surface area contributed by atoms with Gasteiger partial charge in [0.25, 0.3) is 20.2 Å². The summed E-state index contributed by atoms with van der Waals surface area (Å²) in [5.74, 6) is 0.316. The lowest BCUT2D eigenvalue weighted by atomic mass is 10.1. The van der Waals surface area contributed by atoms with Crippen molar-refractivity contribution in [1.29, 1.82) is 0 Å². The summed E-state index contributed by atoms with van der Waals surface area (Å²) in [6, 6.07) is 22.8. The van der Waals surface area contributed by atoms with Crippen LogP contribution < -0.4 is 5.73 Å². The highest BCUT2D eigenvalue weighted by atomic mass is 32.2. The van der Waals surface area contributed by atoms with Crippen molar-refractivity contribution in [3.05, 3.63) is 132 Å². The zero-order valence-corrected chi connectivity index (χ0v) is 26.4. The first-order valence-corrected chi connectivity index (χ1v) is 16.6. The maximum atomic E-state index is 13.0. The number of rotatable bonds is 6. The van der Waals surface area contributed by atoms with E-state index in [-0.39, 0.29) is 21.7 Å². The van der Waals surface area contributed by atoms with Crippen molar-refractivity contribution in [1.82, 2.24) is 19.9 Å². The van der Waals surface area contributed by atoms with Gasteiger partial charge in [-0.15, -0.1) is 0 Å². The van der Waals surface area contributed by atoms with E-state index in [1.165, 1.54) is 41.9 Å². The van der Waals surface area contributed by atoms with Gasteiger partial charge in [-0.25, -0.2) is 9.37 Å². The van der Waals surface area contributed by atoms with Crippen molar-refractivity contribution in [2.24, 2.45) is 5.73 Å². The molecule has 46 heavy (non-hydrogen) atoms. The third-order valence-electron chi connectivity index (χ3n) is 6.70. The van der Waals surface area contributed by atoms with Gasteiger partial charge in [0, 0.05) is 17.1 Å². The number of aromatic amines is 2. The van der Waals surface area contributed by atoms with Crippen LogP contribution in [0.2, 0.25) is 0 Å². The van der Waals surface area contributed by atoms with Crippen LogP contribution in [0.1, 0.15) is 28.6 Å². The maximum Gasteiger partial charge on any atom is 0.294 e. The lowest BCUT2D eigenvalue weighted by Crippen LogP contribution is -2.14. The van der Waals surface area contributed by atoms with E-state index in [1.54, 1.807) is 36.5 Å². The number of aryl methyl sites for hydroxylation is 2. The van der Waals surface area contributed by atoms with Gasteiger partial charge in [0.05, 0.1) is 39.6 Å². The van der Waals surface area contributed by atoms with Gasteiger partial charge in [-0.1, -0.05) is 53.6 Å². The van der Waals surface area contributed by atoms with Crippen LogP contribution in [0.25, 0.3) is 22.3 Å². The quantitative estimate of drug-likeness (QED) is 0.136. The van der Waals surface area contributed by atoms with Gasteiger partial charge in [0.2, 0.25) is 0 Å². The molecular formula is C32H32FN5O6S2. The summed E-state index contributed by atoms with van der Waals surface area (Å²) in [7, 11) is -8.04. The molecule has 0 aliphatic rings. The Morgan fingerprint density at radius 2 is 1.35 bits per heavy atom. The van der Waals surface area contributed by atoms with Crippen molar-refractivity contribution in [3.63, 3.8) is 0 Å². The molecule has 3 heterocycles. The molecule has 0 aliphatic carbocycles. The number of aromatic nitrogens is 4. The van der Waals surface area contributed by atoms with Crippen LogP contribution in [0.3, 0.4) is 0 Å². The second kappa shape index (κ2) is 14.6. The van der Waals surface area contributed by atoms with E-state index in [0.29, 0.717) is 17.9 Å². The minimum atomic E-state index is -4.02. The minimum absolute atomic E-state index is 0.0666. The molecule has 3 aromatic heterocycles. The van der Waals surface area contributed by atoms with E-state index in [4.69, 9.17) is 14.8 Å². The predicted octanol–water partition coefficient (Wildman–Crippen LogP) is 5.82. The molecule has 6 N–H and O–H groups in total. The van der Waals surface area contributed by atoms with Gasteiger partial charge in [-0.05, 0) is 68.3 Å². The van der Waals surface area contributed by atoms with Gasteiger partial charge in [-0.2, -0.15) is 16.8 Å². The largest absolute Gasteiger partial charge is 0.361 e. The Bertz CT molecular complexity index is 2040. The monoisotopic (exact) mass is 665 g/mol. The Balaban J connectivity index is 0.000000182. The normalized spacial score (nSPS) is 12.0. The van der Waals surface area contributed by atoms with Crippen LogP contribution in [0.15, 0.2) is 113 Å². The number of hydrogen-bond donors (Lipinski definition) is 5. The summed E-state index contributed by atoms with van der Waals surface area (Å²) in [6.45, 7) is 3.68. The summed E-state index contributed by atoms with van der Waals surface area (Å²) in [4.78, 5) is 14.7. The molecule has 0 saturated carbocycles. The highest BCUT2D eigenvalue weighted by Gasteiger charge is 2.15. The van der Waals surface area contributed by atoms with Crippen molar-refractivity contribution >= 4 is 31.1 Å². The second-order valence-electron chi connectivity index (χ2n) is 10.3. The fourth-order valence-electron chi connectivity index (χ4n) is 4.24. The average molecular weight is 666 g/mol. The number of para-hydroxylation sites is 1. The Hall–Kier alpha value is -4.73. The molecule has 0 unspecified atom stereocenters. The fourth-order valence-corrected chi connectivity index (χ4v) is 5.20. The summed E-state index contributed by atoms with van der Waals surface area (Å²) in [5, 5.41) is 1.17. The molecule has 0 fully saturated rings. The SMILES string of the molecule is Cc1ccc(S(=O)(=O)O)cc1.Cc1ccc(S(=O)(=O)O)cc1.N[C@H](Cc1c[nH]c2ccccc12)c1ncc(-c2ccc(F)cn2)[nH]1. The summed E-state index contributed by atoms with van der Waals surface area (Å²) >= 11 is 0. The number of nitrogens with two attached hydrogens (primary N) is 1. The van der Waals surface area contributed by atoms with Crippen molar-refractivity contribution < 1.29 is 30.3 Å². The number of benzene rings is 3. The van der Waals surface area contributed by atoms with Crippen LogP contribution in [-0.2, 0) is 26.7 Å². The average Bonchev–Trinajstić information content (AvgIpc) is 3.66. The molecule has 0 spiro atoms. The number of H-pyrrole nitrogens is 2. The first-order chi connectivity index (χ1) is 21.7. The van der Waals surface area contributed by atoms with Gasteiger partial charge in [0.15, 0.2) is 0 Å². The number of fused-ring (bicyclic) bond motifs is 1. The Morgan fingerprint density at radius 3 is 1.87 bits per heavy atom. The molecule has 14 heteroatoms. The number of pyridine rings is 1. The Morgan fingerprint density at radius 1 is 0.783 bits per heavy atom. The molecule has 6 rings (SSSR count). The van der Waals surface area contributed by atoms with Crippen LogP contribution in [-0.4, -0.2) is 45.9 Å². The molecule has 0 saturated heterocycles. The summed E-state index contributed by atoms with van der Waals surface area (Å²) in [5.41, 5.74) is 11.8. The molecule has 6 aromatic rings. The van der Waals surface area contributed by atoms with Crippen molar-refractivity contribution in [2.45, 2.75) is 36.1 Å². The highest BCUT2D eigenvalue weighted by Crippen LogP contribution is 2.23. The number of hydrogen-bond acceptors (Lipinski definition) is 7. The fraction of sp³-hybridized carbons (Fsp3) is 0.125. The minimum Gasteiger partial charge on any atom is -0.361 e. The van der Waals surface area contributed by atoms with Gasteiger partial charge < -0.3 is 15.7 Å². The van der Waals surface area contributed by atoms with Gasteiger partial charge in [-0.3, -0.25) is 14.1 Å². The molecule has 0 radical (unpaired) electrons. The van der Waals surface area contributed by atoms with E-state index < -0.39 is 20.2 Å². The molecule has 0 amide bonds. The lowest BCUT2D eigenvalue weighted by molar-refractivity contribution is 0.481. The third-order valence-corrected chi connectivity index (χ3v) is 8.44. The predicted molar refractivity (Wildman–Crippen MR) is 173 cm³/mol.